The van der Waals surface area contributed by atoms with Crippen molar-refractivity contribution >= 4 is 29.5 Å². The maximum atomic E-state index is 12.2. The summed E-state index contributed by atoms with van der Waals surface area (Å²) in [4.78, 5) is 40.6. The highest BCUT2D eigenvalue weighted by atomic mass is 32.1. The van der Waals surface area contributed by atoms with Crippen LogP contribution in [0.4, 0.5) is 0 Å². The van der Waals surface area contributed by atoms with Crippen molar-refractivity contribution in [2.24, 2.45) is 5.73 Å². The molecule has 1 amide bonds. The lowest BCUT2D eigenvalue weighted by Crippen LogP contribution is -2.21. The summed E-state index contributed by atoms with van der Waals surface area (Å²) >= 11 is 1.57. The third-order valence-electron chi connectivity index (χ3n) is 5.68. The molecule has 176 valence electrons. The van der Waals surface area contributed by atoms with Gasteiger partial charge in [-0.25, -0.2) is 9.78 Å². The van der Waals surface area contributed by atoms with E-state index in [2.05, 4.69) is 10.3 Å². The monoisotopic (exact) mass is 479 g/mol. The van der Waals surface area contributed by atoms with Crippen molar-refractivity contribution in [1.82, 2.24) is 10.3 Å². The molecule has 9 heteroatoms. The van der Waals surface area contributed by atoms with Crippen LogP contribution in [0.5, 0.6) is 5.75 Å². The first kappa shape index (κ1) is 23.6. The van der Waals surface area contributed by atoms with Gasteiger partial charge >= 0.3 is 5.97 Å². The zero-order chi connectivity index (χ0) is 24.1. The number of nitrogens with zero attached hydrogens (tertiary/aromatic N) is 1. The smallest absolute Gasteiger partial charge is 0.357 e. The Bertz CT molecular complexity index is 1220. The van der Waals surface area contributed by atoms with Gasteiger partial charge in [-0.3, -0.25) is 9.59 Å². The Kier molecular flexibility index (Phi) is 7.34. The first-order valence-corrected chi connectivity index (χ1v) is 11.8. The van der Waals surface area contributed by atoms with E-state index in [0.29, 0.717) is 35.3 Å². The summed E-state index contributed by atoms with van der Waals surface area (Å²) in [5.74, 6) is -0.911. The number of esters is 1. The number of amides is 1. The van der Waals surface area contributed by atoms with Crippen molar-refractivity contribution in [1.29, 1.82) is 0 Å². The number of aldehydes is 1. The van der Waals surface area contributed by atoms with E-state index in [4.69, 9.17) is 15.2 Å². The van der Waals surface area contributed by atoms with E-state index in [0.717, 1.165) is 16.0 Å². The van der Waals surface area contributed by atoms with Crippen LogP contribution in [0.25, 0.3) is 21.6 Å². The summed E-state index contributed by atoms with van der Waals surface area (Å²) in [6, 6.07) is 8.34. The number of primary amides is 1. The van der Waals surface area contributed by atoms with Gasteiger partial charge < -0.3 is 20.5 Å². The first-order valence-electron chi connectivity index (χ1n) is 11.0. The zero-order valence-corrected chi connectivity index (χ0v) is 19.6. The van der Waals surface area contributed by atoms with Crippen molar-refractivity contribution in [3.8, 4) is 27.3 Å². The molecule has 3 aromatic rings. The Morgan fingerprint density at radius 2 is 1.91 bits per heavy atom. The number of fused-ring (bicyclic) bond motifs is 3. The lowest BCUT2D eigenvalue weighted by Gasteiger charge is -2.20. The largest absolute Gasteiger partial charge is 0.488 e. The van der Waals surface area contributed by atoms with Gasteiger partial charge in [-0.15, -0.1) is 11.3 Å². The number of aromatic nitrogens is 1. The summed E-state index contributed by atoms with van der Waals surface area (Å²) in [5, 5.41) is 5.26. The van der Waals surface area contributed by atoms with Gasteiger partial charge in [0.25, 0.3) is 5.91 Å². The van der Waals surface area contributed by atoms with Crippen LogP contribution in [0.2, 0.25) is 0 Å². The standard InChI is InChI=1S/C20H14N2O5S.C5H11N/c1-26-20(25)17-12(2-3-15(22-17)19(21)24)13-7-16-14(6-11(13)8-23)18-10(9-27-16)4-5-28-18;1-2-4-6-5-3-1/h2-8H,9H2,1H3,(H2,21,24);6H,1-5H2. The van der Waals surface area contributed by atoms with Crippen LogP contribution in [-0.4, -0.2) is 43.3 Å². The number of thiophene rings is 1. The molecular weight excluding hydrogens is 454 g/mol. The van der Waals surface area contributed by atoms with Crippen molar-refractivity contribution in [2.45, 2.75) is 25.9 Å². The van der Waals surface area contributed by atoms with E-state index in [9.17, 15) is 14.4 Å². The Morgan fingerprint density at radius 1 is 1.12 bits per heavy atom. The number of hydrogen-bond donors (Lipinski definition) is 2. The molecule has 1 fully saturated rings. The molecule has 0 radical (unpaired) electrons. The Labute approximate surface area is 201 Å². The molecule has 2 aliphatic heterocycles. The lowest BCUT2D eigenvalue weighted by atomic mass is 9.94. The molecule has 0 bridgehead atoms. The summed E-state index contributed by atoms with van der Waals surface area (Å²) in [6.45, 7) is 2.93. The lowest BCUT2D eigenvalue weighted by molar-refractivity contribution is 0.0594. The third-order valence-corrected chi connectivity index (χ3v) is 6.67. The molecule has 4 heterocycles. The average molecular weight is 480 g/mol. The number of hydrogen-bond acceptors (Lipinski definition) is 8. The van der Waals surface area contributed by atoms with Crippen LogP contribution < -0.4 is 15.8 Å². The van der Waals surface area contributed by atoms with Crippen LogP contribution in [0.3, 0.4) is 0 Å². The molecule has 1 aromatic carbocycles. The van der Waals surface area contributed by atoms with Crippen molar-refractivity contribution in [3.63, 3.8) is 0 Å². The van der Waals surface area contributed by atoms with Crippen LogP contribution in [0.1, 0.15) is 56.2 Å². The molecule has 0 unspecified atom stereocenters. The highest BCUT2D eigenvalue weighted by molar-refractivity contribution is 7.13. The second-order valence-electron chi connectivity index (χ2n) is 7.88. The third kappa shape index (κ3) is 4.85. The Hall–Kier alpha value is -3.56. The molecule has 0 aliphatic carbocycles. The molecular formula is C25H25N3O5S. The predicted molar refractivity (Wildman–Crippen MR) is 129 cm³/mol. The number of methoxy groups -OCH3 is 1. The number of rotatable bonds is 4. The molecule has 0 spiro atoms. The molecule has 2 aliphatic rings. The Balaban J connectivity index is 0.000000398. The van der Waals surface area contributed by atoms with E-state index < -0.39 is 11.9 Å². The number of pyridine rings is 1. The van der Waals surface area contributed by atoms with Gasteiger partial charge in [0, 0.05) is 27.1 Å². The fraction of sp³-hybridized carbons (Fsp3) is 0.280. The predicted octanol–water partition coefficient (Wildman–Crippen LogP) is 3.83. The normalized spacial score (nSPS) is 13.9. The summed E-state index contributed by atoms with van der Waals surface area (Å²) in [6.07, 6.45) is 4.92. The zero-order valence-electron chi connectivity index (χ0n) is 18.8. The number of carbonyl (C=O) groups is 3. The summed E-state index contributed by atoms with van der Waals surface area (Å²) in [7, 11) is 1.21. The minimum absolute atomic E-state index is 0.0748. The van der Waals surface area contributed by atoms with Gasteiger partial charge in [0.05, 0.1) is 7.11 Å². The minimum atomic E-state index is -0.772. The second kappa shape index (κ2) is 10.6. The highest BCUT2D eigenvalue weighted by Gasteiger charge is 2.24. The fourth-order valence-electron chi connectivity index (χ4n) is 3.93. The van der Waals surface area contributed by atoms with E-state index >= 15 is 0 Å². The summed E-state index contributed by atoms with van der Waals surface area (Å²) < 4.78 is 10.6. The SMILES string of the molecule is C1CCNCC1.COC(=O)c1nc(C(N)=O)ccc1-c1cc2c(cc1C=O)-c1sccc1CO2. The molecule has 1 saturated heterocycles. The molecule has 5 rings (SSSR count). The van der Waals surface area contributed by atoms with Crippen LogP contribution >= 0.6 is 11.3 Å². The fourth-order valence-corrected chi connectivity index (χ4v) is 4.87. The minimum Gasteiger partial charge on any atom is -0.488 e. The van der Waals surface area contributed by atoms with E-state index in [1.807, 2.05) is 11.4 Å². The quantitative estimate of drug-likeness (QED) is 0.431. The van der Waals surface area contributed by atoms with Crippen molar-refractivity contribution in [3.05, 3.63) is 58.2 Å². The molecule has 0 saturated carbocycles. The van der Waals surface area contributed by atoms with Crippen molar-refractivity contribution < 1.29 is 23.9 Å². The molecule has 3 N–H and O–H groups in total. The molecule has 34 heavy (non-hydrogen) atoms. The maximum Gasteiger partial charge on any atom is 0.357 e. The summed E-state index contributed by atoms with van der Waals surface area (Å²) in [5.41, 5.74) is 8.14. The van der Waals surface area contributed by atoms with Crippen LogP contribution in [0, 0.1) is 0 Å². The highest BCUT2D eigenvalue weighted by Crippen LogP contribution is 2.44. The molecule has 2 aromatic heterocycles. The van der Waals surface area contributed by atoms with Crippen LogP contribution in [-0.2, 0) is 11.3 Å². The molecule has 8 nitrogen and oxygen atoms in total. The van der Waals surface area contributed by atoms with Gasteiger partial charge in [-0.05, 0) is 67.2 Å². The number of nitrogens with one attached hydrogen (secondary N) is 1. The average Bonchev–Trinajstić information content (AvgIpc) is 3.38. The van der Waals surface area contributed by atoms with Crippen LogP contribution in [0.15, 0.2) is 35.7 Å². The number of piperidine rings is 1. The second-order valence-corrected chi connectivity index (χ2v) is 8.79. The number of carbonyl (C=O) groups excluding carboxylic acids is 3. The van der Waals surface area contributed by atoms with Gasteiger partial charge in [-0.1, -0.05) is 6.42 Å². The van der Waals surface area contributed by atoms with Gasteiger partial charge in [0.1, 0.15) is 18.1 Å². The molecule has 0 atom stereocenters. The number of nitrogens with two attached hydrogens (primary N) is 1. The maximum absolute atomic E-state index is 12.2. The van der Waals surface area contributed by atoms with Gasteiger partial charge in [0.15, 0.2) is 12.0 Å². The topological polar surface area (TPSA) is 121 Å². The van der Waals surface area contributed by atoms with Gasteiger partial charge in [0.2, 0.25) is 0 Å². The number of benzene rings is 1. The Morgan fingerprint density at radius 3 is 2.53 bits per heavy atom. The van der Waals surface area contributed by atoms with E-state index in [-0.39, 0.29) is 11.4 Å². The van der Waals surface area contributed by atoms with E-state index in [1.165, 1.54) is 51.6 Å². The number of ether oxygens (including phenoxy) is 2. The van der Waals surface area contributed by atoms with E-state index in [1.54, 1.807) is 23.5 Å². The first-order chi connectivity index (χ1) is 16.5. The van der Waals surface area contributed by atoms with Crippen molar-refractivity contribution in [2.75, 3.05) is 20.2 Å². The van der Waals surface area contributed by atoms with Gasteiger partial charge in [-0.2, -0.15) is 0 Å².